The molecule has 1 aromatic rings. The van der Waals surface area contributed by atoms with Crippen LogP contribution in [0.15, 0.2) is 29.3 Å². The molecule has 1 aliphatic carbocycles. The van der Waals surface area contributed by atoms with Gasteiger partial charge in [0.15, 0.2) is 5.96 Å². The normalized spacial score (nSPS) is 18.3. The number of aromatic hydroxyl groups is 1. The number of hydrogen-bond donors (Lipinski definition) is 10. The molecule has 0 bridgehead atoms. The molecule has 0 aromatic heterocycles. The average Bonchev–Trinajstić information content (AvgIpc) is 3.65. The zero-order chi connectivity index (χ0) is 41.4. The Kier molecular flexibility index (Phi) is 17.8. The van der Waals surface area contributed by atoms with Crippen molar-refractivity contribution >= 4 is 47.3 Å². The molecule has 6 atom stereocenters. The molecule has 1 heterocycles. The molecular weight excluding hydrogens is 728 g/mol. The Morgan fingerprint density at radius 2 is 1.45 bits per heavy atom. The lowest BCUT2D eigenvalue weighted by molar-refractivity contribution is -0.143. The third-order valence-corrected chi connectivity index (χ3v) is 9.99. The Morgan fingerprint density at radius 1 is 0.804 bits per heavy atom. The molecule has 0 radical (unpaired) electrons. The van der Waals surface area contributed by atoms with Crippen LogP contribution in [0.5, 0.6) is 5.75 Å². The molecule has 1 aromatic carbocycles. The third kappa shape index (κ3) is 14.3. The third-order valence-electron chi connectivity index (χ3n) is 9.99. The van der Waals surface area contributed by atoms with Crippen molar-refractivity contribution in [1.29, 1.82) is 0 Å². The fourth-order valence-corrected chi connectivity index (χ4v) is 7.00. The number of nitrogens with one attached hydrogen (secondary N) is 5. The molecular formula is C37H58N10O9. The molecule has 56 heavy (non-hydrogen) atoms. The number of guanidine groups is 1. The lowest BCUT2D eigenvalue weighted by Crippen LogP contribution is -2.59. The summed E-state index contributed by atoms with van der Waals surface area (Å²) in [5, 5.41) is 32.3. The first kappa shape index (κ1) is 44.9. The molecule has 310 valence electrons. The van der Waals surface area contributed by atoms with Crippen molar-refractivity contribution in [3.63, 3.8) is 0 Å². The van der Waals surface area contributed by atoms with Gasteiger partial charge in [-0.2, -0.15) is 0 Å². The molecule has 0 spiro atoms. The first-order valence-electron chi connectivity index (χ1n) is 19.1. The number of hydrogen-bond acceptors (Lipinski definition) is 10. The van der Waals surface area contributed by atoms with Crippen LogP contribution in [0.4, 0.5) is 0 Å². The number of phenolic OH excluding ortho intramolecular Hbond substituents is 1. The Balaban J connectivity index is 1.80. The maximum atomic E-state index is 14.3. The summed E-state index contributed by atoms with van der Waals surface area (Å²) in [6.45, 7) is 2.31. The molecule has 2 aliphatic rings. The Labute approximate surface area is 326 Å². The van der Waals surface area contributed by atoms with E-state index in [-0.39, 0.29) is 50.0 Å². The largest absolute Gasteiger partial charge is 0.508 e. The molecule has 1 saturated heterocycles. The molecule has 7 amide bonds. The zero-order valence-corrected chi connectivity index (χ0v) is 32.1. The van der Waals surface area contributed by atoms with Crippen LogP contribution in [0.2, 0.25) is 0 Å². The summed E-state index contributed by atoms with van der Waals surface area (Å²) in [6.07, 6.45) is 6.22. The number of rotatable bonds is 20. The number of primary amides is 1. The number of benzene rings is 1. The standard InChI is InChI=1S/C37H58N10O9/c1-21(42-34(54)29(20-48)43-22(2)49)32(52)46-28(19-23-8-4-3-5-9-23)36(56)47-17-7-11-30(47)35(55)45-27(18-24-12-14-25(50)15-13-24)33(53)44-26(31(38)51)10-6-16-41-37(39)40/h12-15,21,23,26-30,48,50H,3-11,16-20H2,1-2H3,(H2,38,51)(H,42,54)(H,43,49)(H,44,53)(H,45,55)(H,46,52)(H4,39,40,41)/t21-,26-,27+,28-,29-,30+/m0/s1. The fraction of sp³-hybridized carbons (Fsp3) is 0.622. The number of amides is 7. The summed E-state index contributed by atoms with van der Waals surface area (Å²) >= 11 is 0. The van der Waals surface area contributed by atoms with E-state index in [4.69, 9.17) is 17.2 Å². The van der Waals surface area contributed by atoms with Crippen molar-refractivity contribution in [3.8, 4) is 5.75 Å². The van der Waals surface area contributed by atoms with E-state index in [1.54, 1.807) is 12.1 Å². The minimum Gasteiger partial charge on any atom is -0.508 e. The van der Waals surface area contributed by atoms with Gasteiger partial charge in [-0.25, -0.2) is 0 Å². The van der Waals surface area contributed by atoms with Gasteiger partial charge >= 0.3 is 0 Å². The first-order chi connectivity index (χ1) is 26.6. The summed E-state index contributed by atoms with van der Waals surface area (Å²) in [6, 6.07) is -0.726. The molecule has 0 unspecified atom stereocenters. The summed E-state index contributed by atoms with van der Waals surface area (Å²) in [5.74, 6) is -4.59. The Hall–Kier alpha value is -5.46. The van der Waals surface area contributed by atoms with Crippen LogP contribution < -0.4 is 43.8 Å². The number of likely N-dealkylation sites (tertiary alicyclic amines) is 1. The maximum absolute atomic E-state index is 14.3. The van der Waals surface area contributed by atoms with E-state index in [0.29, 0.717) is 24.8 Å². The number of aliphatic hydroxyl groups is 1. The monoisotopic (exact) mass is 786 g/mol. The second kappa shape index (κ2) is 22.2. The van der Waals surface area contributed by atoms with E-state index in [9.17, 15) is 43.8 Å². The highest BCUT2D eigenvalue weighted by Gasteiger charge is 2.40. The van der Waals surface area contributed by atoms with Gasteiger partial charge in [-0.3, -0.25) is 38.6 Å². The number of nitrogens with zero attached hydrogens (tertiary/aromatic N) is 2. The number of aliphatic hydroxyl groups excluding tert-OH is 1. The van der Waals surface area contributed by atoms with Crippen molar-refractivity contribution in [2.45, 2.75) is 121 Å². The van der Waals surface area contributed by atoms with Gasteiger partial charge in [0.1, 0.15) is 42.0 Å². The van der Waals surface area contributed by atoms with Crippen molar-refractivity contribution in [2.24, 2.45) is 28.1 Å². The van der Waals surface area contributed by atoms with Gasteiger partial charge in [0.05, 0.1) is 6.61 Å². The predicted octanol–water partition coefficient (Wildman–Crippen LogP) is -2.11. The summed E-state index contributed by atoms with van der Waals surface area (Å²) in [4.78, 5) is 97.1. The van der Waals surface area contributed by atoms with Crippen LogP contribution in [0.25, 0.3) is 0 Å². The molecule has 19 heteroatoms. The van der Waals surface area contributed by atoms with Gasteiger partial charge in [-0.15, -0.1) is 0 Å². The van der Waals surface area contributed by atoms with Gasteiger partial charge in [-0.1, -0.05) is 44.2 Å². The minimum atomic E-state index is -1.27. The van der Waals surface area contributed by atoms with Gasteiger partial charge < -0.3 is 58.9 Å². The van der Waals surface area contributed by atoms with Crippen molar-refractivity contribution < 1.29 is 43.8 Å². The molecule has 2 fully saturated rings. The SMILES string of the molecule is CC(=O)N[C@@H](CO)C(=O)N[C@@H](C)C(=O)N[C@@H](CC1CCCCC1)C(=O)N1CCC[C@@H]1C(=O)N[C@H](Cc1ccc(O)cc1)C(=O)N[C@@H](CCCN=C(N)N)C(N)=O. The average molecular weight is 787 g/mol. The van der Waals surface area contributed by atoms with Crippen molar-refractivity contribution in [3.05, 3.63) is 29.8 Å². The topological polar surface area (TPSA) is 314 Å². The smallest absolute Gasteiger partial charge is 0.245 e. The predicted molar refractivity (Wildman–Crippen MR) is 205 cm³/mol. The van der Waals surface area contributed by atoms with Crippen molar-refractivity contribution in [1.82, 2.24) is 31.5 Å². The van der Waals surface area contributed by atoms with Gasteiger partial charge in [0, 0.05) is 26.4 Å². The summed E-state index contributed by atoms with van der Waals surface area (Å²) in [7, 11) is 0. The highest BCUT2D eigenvalue weighted by Crippen LogP contribution is 2.29. The lowest BCUT2D eigenvalue weighted by atomic mass is 9.84. The van der Waals surface area contributed by atoms with Crippen LogP contribution in [0.3, 0.4) is 0 Å². The summed E-state index contributed by atoms with van der Waals surface area (Å²) in [5.41, 5.74) is 16.9. The van der Waals surface area contributed by atoms with E-state index in [1.165, 1.54) is 30.9 Å². The molecule has 1 aliphatic heterocycles. The van der Waals surface area contributed by atoms with Crippen LogP contribution >= 0.6 is 0 Å². The molecule has 19 nitrogen and oxygen atoms in total. The quantitative estimate of drug-likeness (QED) is 0.0388. The second-order valence-electron chi connectivity index (χ2n) is 14.5. The van der Waals surface area contributed by atoms with Crippen LogP contribution in [-0.4, -0.2) is 118 Å². The van der Waals surface area contributed by atoms with Crippen molar-refractivity contribution in [2.75, 3.05) is 19.7 Å². The molecule has 13 N–H and O–H groups in total. The lowest BCUT2D eigenvalue weighted by Gasteiger charge is -2.33. The van der Waals surface area contributed by atoms with Crippen LogP contribution in [-0.2, 0) is 40.0 Å². The number of aliphatic imine (C=N–C) groups is 1. The van der Waals surface area contributed by atoms with Gasteiger partial charge in [0.2, 0.25) is 41.4 Å². The number of phenols is 1. The summed E-state index contributed by atoms with van der Waals surface area (Å²) < 4.78 is 0. The van der Waals surface area contributed by atoms with E-state index in [2.05, 4.69) is 31.6 Å². The molecule has 3 rings (SSSR count). The van der Waals surface area contributed by atoms with Gasteiger partial charge in [-0.05, 0) is 62.6 Å². The number of nitrogens with two attached hydrogens (primary N) is 3. The van der Waals surface area contributed by atoms with Gasteiger partial charge in [0.25, 0.3) is 0 Å². The zero-order valence-electron chi connectivity index (χ0n) is 32.1. The Morgan fingerprint density at radius 3 is 2.05 bits per heavy atom. The van der Waals surface area contributed by atoms with Crippen LogP contribution in [0.1, 0.15) is 83.6 Å². The van der Waals surface area contributed by atoms with E-state index < -0.39 is 84.2 Å². The van der Waals surface area contributed by atoms with E-state index in [1.807, 2.05) is 0 Å². The maximum Gasteiger partial charge on any atom is 0.245 e. The number of carbonyl (C=O) groups is 7. The highest BCUT2D eigenvalue weighted by molar-refractivity contribution is 5.97. The fourth-order valence-electron chi connectivity index (χ4n) is 7.00. The molecule has 1 saturated carbocycles. The Bertz CT molecular complexity index is 1560. The second-order valence-corrected chi connectivity index (χ2v) is 14.5. The highest BCUT2D eigenvalue weighted by atomic mass is 16.3. The minimum absolute atomic E-state index is 0.000504. The first-order valence-corrected chi connectivity index (χ1v) is 19.1. The van der Waals surface area contributed by atoms with E-state index in [0.717, 1.165) is 32.1 Å². The van der Waals surface area contributed by atoms with E-state index >= 15 is 0 Å². The number of carbonyl (C=O) groups excluding carboxylic acids is 7. The van der Waals surface area contributed by atoms with Crippen LogP contribution in [0, 0.1) is 5.92 Å².